The number of aromatic nitrogens is 1. The van der Waals surface area contributed by atoms with Crippen molar-refractivity contribution < 1.29 is 18.7 Å². The zero-order valence-electron chi connectivity index (χ0n) is 17.3. The van der Waals surface area contributed by atoms with Crippen LogP contribution in [-0.2, 0) is 6.61 Å². The van der Waals surface area contributed by atoms with Crippen LogP contribution in [0, 0.1) is 6.92 Å². The summed E-state index contributed by atoms with van der Waals surface area (Å²) in [5.41, 5.74) is 2.65. The molecule has 0 radical (unpaired) electrons. The molecule has 0 aliphatic carbocycles. The van der Waals surface area contributed by atoms with Gasteiger partial charge in [0.2, 0.25) is 5.89 Å². The minimum Gasteiger partial charge on any atom is -0.495 e. The largest absolute Gasteiger partial charge is 0.495 e. The molecule has 0 fully saturated rings. The number of rotatable bonds is 7. The predicted molar refractivity (Wildman–Crippen MR) is 118 cm³/mol. The van der Waals surface area contributed by atoms with Crippen LogP contribution in [0.15, 0.2) is 83.3 Å². The molecule has 4 aromatic rings. The first kappa shape index (κ1) is 20.2. The average Bonchev–Trinajstić information content (AvgIpc) is 3.19. The highest BCUT2D eigenvalue weighted by atomic mass is 16.5. The Labute approximate surface area is 180 Å². The summed E-state index contributed by atoms with van der Waals surface area (Å²) in [4.78, 5) is 17.1. The van der Waals surface area contributed by atoms with Crippen LogP contribution in [0.25, 0.3) is 11.5 Å². The maximum absolute atomic E-state index is 12.6. The monoisotopic (exact) mass is 414 g/mol. The topological polar surface area (TPSA) is 73.6 Å². The maximum atomic E-state index is 12.6. The number of carbonyl (C=O) groups is 1. The van der Waals surface area contributed by atoms with Crippen molar-refractivity contribution in [2.45, 2.75) is 13.5 Å². The first-order valence-electron chi connectivity index (χ1n) is 9.83. The van der Waals surface area contributed by atoms with Crippen molar-refractivity contribution in [3.8, 4) is 23.0 Å². The highest BCUT2D eigenvalue weighted by Crippen LogP contribution is 2.25. The molecule has 0 spiro atoms. The van der Waals surface area contributed by atoms with Crippen LogP contribution in [-0.4, -0.2) is 18.0 Å². The fourth-order valence-electron chi connectivity index (χ4n) is 3.06. The molecule has 0 aliphatic rings. The predicted octanol–water partition coefficient (Wildman–Crippen LogP) is 5.49. The van der Waals surface area contributed by atoms with E-state index in [4.69, 9.17) is 13.9 Å². The van der Waals surface area contributed by atoms with E-state index >= 15 is 0 Å². The molecule has 1 N–H and O–H groups in total. The van der Waals surface area contributed by atoms with E-state index < -0.39 is 0 Å². The molecular weight excluding hydrogens is 392 g/mol. The Morgan fingerprint density at radius 3 is 2.42 bits per heavy atom. The highest BCUT2D eigenvalue weighted by molar-refractivity contribution is 6.05. The van der Waals surface area contributed by atoms with Crippen LogP contribution >= 0.6 is 0 Å². The average molecular weight is 414 g/mol. The Hall–Kier alpha value is -4.06. The van der Waals surface area contributed by atoms with Gasteiger partial charge in [-0.2, -0.15) is 0 Å². The van der Waals surface area contributed by atoms with Crippen LogP contribution in [0.3, 0.4) is 0 Å². The lowest BCUT2D eigenvalue weighted by molar-refractivity contribution is 0.102. The normalized spacial score (nSPS) is 10.5. The third-order valence-electron chi connectivity index (χ3n) is 4.76. The van der Waals surface area contributed by atoms with Gasteiger partial charge in [-0.05, 0) is 55.5 Å². The summed E-state index contributed by atoms with van der Waals surface area (Å²) in [6.07, 6.45) is 0. The molecule has 4 rings (SSSR count). The SMILES string of the molecule is COc1ccccc1NC(=O)c1ccc(-c2nc(COc3ccccc3)c(C)o2)cc1. The number of carbonyl (C=O) groups excluding carboxylic acids is 1. The molecular formula is C25H22N2O4. The van der Waals surface area contributed by atoms with Gasteiger partial charge in [0.25, 0.3) is 5.91 Å². The van der Waals surface area contributed by atoms with E-state index in [-0.39, 0.29) is 5.91 Å². The van der Waals surface area contributed by atoms with E-state index in [1.807, 2.05) is 61.5 Å². The molecule has 156 valence electrons. The van der Waals surface area contributed by atoms with E-state index in [1.54, 1.807) is 31.4 Å². The molecule has 0 unspecified atom stereocenters. The Morgan fingerprint density at radius 1 is 0.968 bits per heavy atom. The minimum absolute atomic E-state index is 0.225. The van der Waals surface area contributed by atoms with Crippen molar-refractivity contribution in [1.29, 1.82) is 0 Å². The Bertz CT molecular complexity index is 1170. The number of oxazole rings is 1. The smallest absolute Gasteiger partial charge is 0.255 e. The fraction of sp³-hybridized carbons (Fsp3) is 0.120. The minimum atomic E-state index is -0.225. The molecule has 6 nitrogen and oxygen atoms in total. The standard InChI is InChI=1S/C25H22N2O4/c1-17-22(16-30-20-8-4-3-5-9-20)27-25(31-17)19-14-12-18(13-15-19)24(28)26-21-10-6-7-11-23(21)29-2/h3-15H,16H2,1-2H3,(H,26,28). The molecule has 3 aromatic carbocycles. The van der Waals surface area contributed by atoms with Crippen LogP contribution in [0.5, 0.6) is 11.5 Å². The summed E-state index contributed by atoms with van der Waals surface area (Å²) in [6, 6.07) is 23.9. The number of amides is 1. The lowest BCUT2D eigenvalue weighted by Gasteiger charge is -2.09. The number of benzene rings is 3. The Kier molecular flexibility index (Phi) is 5.98. The van der Waals surface area contributed by atoms with Crippen molar-refractivity contribution in [3.63, 3.8) is 0 Å². The van der Waals surface area contributed by atoms with Gasteiger partial charge in [-0.1, -0.05) is 30.3 Å². The van der Waals surface area contributed by atoms with E-state index in [9.17, 15) is 4.79 Å². The Morgan fingerprint density at radius 2 is 1.68 bits per heavy atom. The van der Waals surface area contributed by atoms with Gasteiger partial charge in [-0.3, -0.25) is 4.79 Å². The lowest BCUT2D eigenvalue weighted by Crippen LogP contribution is -2.12. The van der Waals surface area contributed by atoms with Gasteiger partial charge in [-0.25, -0.2) is 4.98 Å². The second-order valence-corrected chi connectivity index (χ2v) is 6.86. The number of hydrogen-bond donors (Lipinski definition) is 1. The molecule has 0 aliphatic heterocycles. The molecule has 0 saturated carbocycles. The second-order valence-electron chi connectivity index (χ2n) is 6.86. The van der Waals surface area contributed by atoms with E-state index in [1.165, 1.54) is 0 Å². The van der Waals surface area contributed by atoms with Crippen LogP contribution in [0.2, 0.25) is 0 Å². The first-order chi connectivity index (χ1) is 15.1. The van der Waals surface area contributed by atoms with Gasteiger partial charge in [0.1, 0.15) is 29.6 Å². The molecule has 1 amide bonds. The number of aryl methyl sites for hydroxylation is 1. The number of ether oxygens (including phenoxy) is 2. The van der Waals surface area contributed by atoms with Crippen molar-refractivity contribution in [2.24, 2.45) is 0 Å². The highest BCUT2D eigenvalue weighted by Gasteiger charge is 2.14. The zero-order valence-corrected chi connectivity index (χ0v) is 17.3. The first-order valence-corrected chi connectivity index (χ1v) is 9.83. The molecule has 0 bridgehead atoms. The van der Waals surface area contributed by atoms with Crippen molar-refractivity contribution in [1.82, 2.24) is 4.98 Å². The van der Waals surface area contributed by atoms with Crippen molar-refractivity contribution in [3.05, 3.63) is 95.9 Å². The Balaban J connectivity index is 1.45. The summed E-state index contributed by atoms with van der Waals surface area (Å²) in [7, 11) is 1.57. The van der Waals surface area contributed by atoms with E-state index in [2.05, 4.69) is 10.3 Å². The van der Waals surface area contributed by atoms with Gasteiger partial charge in [0.05, 0.1) is 12.8 Å². The molecule has 1 heterocycles. The zero-order chi connectivity index (χ0) is 21.6. The summed E-state index contributed by atoms with van der Waals surface area (Å²) in [5, 5.41) is 2.86. The molecule has 1 aromatic heterocycles. The third kappa shape index (κ3) is 4.75. The van der Waals surface area contributed by atoms with Crippen LogP contribution < -0.4 is 14.8 Å². The van der Waals surface area contributed by atoms with E-state index in [0.29, 0.717) is 35.3 Å². The summed E-state index contributed by atoms with van der Waals surface area (Å²) in [5.74, 6) is 2.34. The van der Waals surface area contributed by atoms with Gasteiger partial charge >= 0.3 is 0 Å². The number of hydrogen-bond acceptors (Lipinski definition) is 5. The summed E-state index contributed by atoms with van der Waals surface area (Å²) >= 11 is 0. The van der Waals surface area contributed by atoms with Crippen molar-refractivity contribution in [2.75, 3.05) is 12.4 Å². The van der Waals surface area contributed by atoms with Crippen LogP contribution in [0.1, 0.15) is 21.8 Å². The molecule has 0 atom stereocenters. The quantitative estimate of drug-likeness (QED) is 0.433. The number of anilines is 1. The van der Waals surface area contributed by atoms with Crippen molar-refractivity contribution >= 4 is 11.6 Å². The number of nitrogens with zero attached hydrogens (tertiary/aromatic N) is 1. The summed E-state index contributed by atoms with van der Waals surface area (Å²) in [6.45, 7) is 2.17. The molecule has 6 heteroatoms. The van der Waals surface area contributed by atoms with Gasteiger partial charge in [0, 0.05) is 11.1 Å². The van der Waals surface area contributed by atoms with E-state index in [0.717, 1.165) is 17.0 Å². The van der Waals surface area contributed by atoms with Crippen LogP contribution in [0.4, 0.5) is 5.69 Å². The fourth-order valence-corrected chi connectivity index (χ4v) is 3.06. The lowest BCUT2D eigenvalue weighted by atomic mass is 10.1. The number of para-hydroxylation sites is 3. The number of methoxy groups -OCH3 is 1. The third-order valence-corrected chi connectivity index (χ3v) is 4.76. The molecule has 0 saturated heterocycles. The molecule has 31 heavy (non-hydrogen) atoms. The second kappa shape index (κ2) is 9.17. The van der Waals surface area contributed by atoms with Gasteiger partial charge in [0.15, 0.2) is 0 Å². The maximum Gasteiger partial charge on any atom is 0.255 e. The van der Waals surface area contributed by atoms with Gasteiger partial charge in [-0.15, -0.1) is 0 Å². The number of nitrogens with one attached hydrogen (secondary N) is 1. The summed E-state index contributed by atoms with van der Waals surface area (Å²) < 4.78 is 16.8. The van der Waals surface area contributed by atoms with Gasteiger partial charge < -0.3 is 19.2 Å².